The van der Waals surface area contributed by atoms with Gasteiger partial charge in [0.2, 0.25) is 0 Å². The number of amides is 1. The van der Waals surface area contributed by atoms with Gasteiger partial charge in [0.15, 0.2) is 0 Å². The second-order valence-corrected chi connectivity index (χ2v) is 7.61. The van der Waals surface area contributed by atoms with Gasteiger partial charge in [-0.3, -0.25) is 9.97 Å². The Morgan fingerprint density at radius 1 is 1.36 bits per heavy atom. The number of aromatic nitrogens is 2. The average Bonchev–Trinajstić information content (AvgIpc) is 2.58. The molecule has 25 heavy (non-hydrogen) atoms. The average molecular weight is 349 g/mol. The summed E-state index contributed by atoms with van der Waals surface area (Å²) >= 11 is 0. The molecule has 0 unspecified atom stereocenters. The van der Waals surface area contributed by atoms with Crippen LogP contribution >= 0.6 is 0 Å². The van der Waals surface area contributed by atoms with Crippen molar-refractivity contribution in [3.05, 3.63) is 24.3 Å². The molecule has 1 amide bonds. The van der Waals surface area contributed by atoms with Crippen LogP contribution in [-0.4, -0.2) is 45.8 Å². The molecule has 1 aromatic heterocycles. The van der Waals surface area contributed by atoms with Crippen molar-refractivity contribution in [2.75, 3.05) is 13.2 Å². The summed E-state index contributed by atoms with van der Waals surface area (Å²) in [4.78, 5) is 22.6. The van der Waals surface area contributed by atoms with Crippen LogP contribution in [0.2, 0.25) is 0 Å². The molecule has 1 aliphatic heterocycles. The summed E-state index contributed by atoms with van der Waals surface area (Å²) in [7, 11) is 0. The second kappa shape index (κ2) is 9.13. The molecular weight excluding hydrogens is 318 g/mol. The molecule has 2 atom stereocenters. The van der Waals surface area contributed by atoms with E-state index < -0.39 is 5.60 Å². The molecule has 6 nitrogen and oxygen atoms in total. The summed E-state index contributed by atoms with van der Waals surface area (Å²) in [6, 6.07) is 0.249. The minimum atomic E-state index is -0.450. The van der Waals surface area contributed by atoms with Crippen LogP contribution in [0, 0.1) is 0 Å². The molecule has 0 bridgehead atoms. The number of piperidine rings is 1. The Bertz CT molecular complexity index is 530. The highest BCUT2D eigenvalue weighted by Gasteiger charge is 2.30. The Morgan fingerprint density at radius 3 is 2.84 bits per heavy atom. The highest BCUT2D eigenvalue weighted by atomic mass is 16.6. The van der Waals surface area contributed by atoms with Crippen molar-refractivity contribution in [2.24, 2.45) is 0 Å². The Kier molecular flexibility index (Phi) is 7.17. The number of rotatable bonds is 6. The second-order valence-electron chi connectivity index (χ2n) is 7.61. The normalized spacial score (nSPS) is 19.5. The van der Waals surface area contributed by atoms with Crippen molar-refractivity contribution in [3.8, 4) is 0 Å². The van der Waals surface area contributed by atoms with Crippen molar-refractivity contribution >= 4 is 6.09 Å². The fourth-order valence-corrected chi connectivity index (χ4v) is 3.05. The largest absolute Gasteiger partial charge is 0.444 e. The van der Waals surface area contributed by atoms with Gasteiger partial charge >= 0.3 is 6.09 Å². The lowest BCUT2D eigenvalue weighted by Crippen LogP contribution is -2.46. The Morgan fingerprint density at radius 2 is 2.16 bits per heavy atom. The van der Waals surface area contributed by atoms with Crippen LogP contribution in [0.3, 0.4) is 0 Å². The van der Waals surface area contributed by atoms with Crippen molar-refractivity contribution in [1.82, 2.24) is 14.9 Å². The van der Waals surface area contributed by atoms with Crippen molar-refractivity contribution < 1.29 is 14.3 Å². The zero-order valence-electron chi connectivity index (χ0n) is 15.9. The maximum absolute atomic E-state index is 12.4. The van der Waals surface area contributed by atoms with E-state index in [0.29, 0.717) is 6.61 Å². The van der Waals surface area contributed by atoms with E-state index in [1.54, 1.807) is 18.6 Å². The predicted molar refractivity (Wildman–Crippen MR) is 96.2 cm³/mol. The molecule has 0 radical (unpaired) electrons. The first-order valence-corrected chi connectivity index (χ1v) is 9.24. The third-order valence-corrected chi connectivity index (χ3v) is 4.30. The molecule has 6 heteroatoms. The highest BCUT2D eigenvalue weighted by molar-refractivity contribution is 5.68. The fourth-order valence-electron chi connectivity index (χ4n) is 3.05. The number of hydrogen-bond acceptors (Lipinski definition) is 5. The lowest BCUT2D eigenvalue weighted by molar-refractivity contribution is 0.00580. The summed E-state index contributed by atoms with van der Waals surface area (Å²) in [5, 5.41) is 0. The van der Waals surface area contributed by atoms with Gasteiger partial charge in [-0.1, -0.05) is 0 Å². The molecule has 1 fully saturated rings. The lowest BCUT2D eigenvalue weighted by atomic mass is 9.98. The third-order valence-electron chi connectivity index (χ3n) is 4.30. The smallest absolute Gasteiger partial charge is 0.410 e. The molecule has 1 aliphatic rings. The number of carbonyl (C=O) groups excluding carboxylic acids is 1. The molecule has 140 valence electrons. The minimum Gasteiger partial charge on any atom is -0.444 e. The zero-order valence-corrected chi connectivity index (χ0v) is 15.9. The molecule has 0 spiro atoms. The highest BCUT2D eigenvalue weighted by Crippen LogP contribution is 2.24. The topological polar surface area (TPSA) is 64.5 Å². The Labute approximate surface area is 150 Å². The van der Waals surface area contributed by atoms with Crippen LogP contribution in [0.25, 0.3) is 0 Å². The van der Waals surface area contributed by atoms with Crippen LogP contribution in [0.15, 0.2) is 18.6 Å². The Hall–Kier alpha value is -1.69. The van der Waals surface area contributed by atoms with Gasteiger partial charge in [0.1, 0.15) is 5.60 Å². The van der Waals surface area contributed by atoms with E-state index in [2.05, 4.69) is 9.97 Å². The van der Waals surface area contributed by atoms with Crippen molar-refractivity contribution in [3.63, 3.8) is 0 Å². The molecule has 2 rings (SSSR count). The maximum Gasteiger partial charge on any atom is 0.410 e. The molecule has 0 aromatic carbocycles. The van der Waals surface area contributed by atoms with Crippen LogP contribution < -0.4 is 0 Å². The van der Waals surface area contributed by atoms with E-state index in [1.807, 2.05) is 32.6 Å². The minimum absolute atomic E-state index is 0.0676. The van der Waals surface area contributed by atoms with E-state index in [0.717, 1.165) is 37.9 Å². The lowest BCUT2D eigenvalue weighted by Gasteiger charge is -2.37. The summed E-state index contributed by atoms with van der Waals surface area (Å²) in [6.45, 7) is 9.15. The summed E-state index contributed by atoms with van der Waals surface area (Å²) < 4.78 is 11.4. The first-order chi connectivity index (χ1) is 11.9. The van der Waals surface area contributed by atoms with E-state index in [9.17, 15) is 4.79 Å². The SMILES string of the molecule is C[C@@H](OCCC[C@@H]1CCCCN1C(=O)OC(C)(C)C)c1cnccn1. The van der Waals surface area contributed by atoms with E-state index in [-0.39, 0.29) is 18.2 Å². The first kappa shape index (κ1) is 19.6. The number of ether oxygens (including phenoxy) is 2. The predicted octanol–water partition coefficient (Wildman–Crippen LogP) is 4.12. The van der Waals surface area contributed by atoms with Gasteiger partial charge in [-0.15, -0.1) is 0 Å². The van der Waals surface area contributed by atoms with Gasteiger partial charge in [0.05, 0.1) is 18.0 Å². The first-order valence-electron chi connectivity index (χ1n) is 9.24. The standard InChI is InChI=1S/C19H31N3O3/c1-15(17-14-20-10-11-21-17)24-13-7-9-16-8-5-6-12-22(16)18(23)25-19(2,3)4/h10-11,14-16H,5-9,12-13H2,1-4H3/t15-,16+/m1/s1. The van der Waals surface area contributed by atoms with Crippen LogP contribution in [0.5, 0.6) is 0 Å². The van der Waals surface area contributed by atoms with Gasteiger partial charge in [0.25, 0.3) is 0 Å². The summed E-state index contributed by atoms with van der Waals surface area (Å²) in [5.74, 6) is 0. The third kappa shape index (κ3) is 6.61. The van der Waals surface area contributed by atoms with Gasteiger partial charge in [-0.2, -0.15) is 0 Å². The number of nitrogens with zero attached hydrogens (tertiary/aromatic N) is 3. The quantitative estimate of drug-likeness (QED) is 0.723. The summed E-state index contributed by atoms with van der Waals surface area (Å²) in [6.07, 6.45) is 9.92. The van der Waals surface area contributed by atoms with Crippen molar-refractivity contribution in [2.45, 2.75) is 77.5 Å². The molecule has 0 aliphatic carbocycles. The van der Waals surface area contributed by atoms with Gasteiger partial charge in [-0.05, 0) is 59.8 Å². The number of likely N-dealkylation sites (tertiary alicyclic amines) is 1. The number of carbonyl (C=O) groups is 1. The number of hydrogen-bond donors (Lipinski definition) is 0. The van der Waals surface area contributed by atoms with Crippen LogP contribution in [-0.2, 0) is 9.47 Å². The van der Waals surface area contributed by atoms with E-state index >= 15 is 0 Å². The fraction of sp³-hybridized carbons (Fsp3) is 0.737. The maximum atomic E-state index is 12.4. The zero-order chi connectivity index (χ0) is 18.3. The Balaban J connectivity index is 1.77. The molecule has 1 aromatic rings. The molecule has 0 N–H and O–H groups in total. The molecule has 1 saturated heterocycles. The monoisotopic (exact) mass is 349 g/mol. The summed E-state index contributed by atoms with van der Waals surface area (Å²) in [5.41, 5.74) is 0.393. The molecule has 2 heterocycles. The van der Waals surface area contributed by atoms with Crippen molar-refractivity contribution in [1.29, 1.82) is 0 Å². The van der Waals surface area contributed by atoms with Gasteiger partial charge in [0, 0.05) is 31.6 Å². The van der Waals surface area contributed by atoms with Gasteiger partial charge < -0.3 is 14.4 Å². The van der Waals surface area contributed by atoms with E-state index in [1.165, 1.54) is 6.42 Å². The van der Waals surface area contributed by atoms with Crippen LogP contribution in [0.4, 0.5) is 4.79 Å². The van der Waals surface area contributed by atoms with E-state index in [4.69, 9.17) is 9.47 Å². The van der Waals surface area contributed by atoms with Gasteiger partial charge in [-0.25, -0.2) is 4.79 Å². The molecule has 0 saturated carbocycles. The van der Waals surface area contributed by atoms with Crippen LogP contribution in [0.1, 0.15) is 71.6 Å². The molecular formula is C19H31N3O3.